The van der Waals surface area contributed by atoms with Crippen LogP contribution in [0.2, 0.25) is 0 Å². The summed E-state index contributed by atoms with van der Waals surface area (Å²) in [5.74, 6) is -0.0662. The van der Waals surface area contributed by atoms with Gasteiger partial charge in [0, 0.05) is 6.04 Å². The van der Waals surface area contributed by atoms with Gasteiger partial charge in [-0.2, -0.15) is 5.10 Å². The number of hydrazone groups is 1. The number of hydrogen-bond acceptors (Lipinski definition) is 7. The van der Waals surface area contributed by atoms with Crippen LogP contribution >= 0.6 is 0 Å². The van der Waals surface area contributed by atoms with Crippen molar-refractivity contribution in [3.05, 3.63) is 84.4 Å². The SMILES string of the molecule is COc1ccccc1N(CC(=O)N/N=C\c1ccc(OCC(=O)NC(C)C)cc1)S(=O)(=O)c1ccccc1. The van der Waals surface area contributed by atoms with Gasteiger partial charge in [0.25, 0.3) is 21.8 Å². The fourth-order valence-corrected chi connectivity index (χ4v) is 4.81. The number of rotatable bonds is 12. The molecule has 0 aliphatic carbocycles. The van der Waals surface area contributed by atoms with Crippen molar-refractivity contribution in [2.75, 3.05) is 24.6 Å². The summed E-state index contributed by atoms with van der Waals surface area (Å²) in [7, 11) is -2.66. The van der Waals surface area contributed by atoms with Gasteiger partial charge in [0.2, 0.25) is 0 Å². The van der Waals surface area contributed by atoms with Gasteiger partial charge in [-0.25, -0.2) is 13.8 Å². The highest BCUT2D eigenvalue weighted by Gasteiger charge is 2.29. The maximum Gasteiger partial charge on any atom is 0.264 e. The number of nitrogens with zero attached hydrogens (tertiary/aromatic N) is 2. The van der Waals surface area contributed by atoms with E-state index < -0.39 is 22.5 Å². The summed E-state index contributed by atoms with van der Waals surface area (Å²) >= 11 is 0. The second-order valence-corrected chi connectivity index (χ2v) is 10.2. The van der Waals surface area contributed by atoms with Crippen LogP contribution in [0.1, 0.15) is 19.4 Å². The zero-order valence-corrected chi connectivity index (χ0v) is 22.1. The summed E-state index contributed by atoms with van der Waals surface area (Å²) < 4.78 is 38.6. The third-order valence-electron chi connectivity index (χ3n) is 5.07. The largest absolute Gasteiger partial charge is 0.495 e. The molecule has 0 unspecified atom stereocenters. The number of sulfonamides is 1. The van der Waals surface area contributed by atoms with Gasteiger partial charge in [0.05, 0.1) is 23.9 Å². The summed E-state index contributed by atoms with van der Waals surface area (Å²) in [5.41, 5.74) is 3.24. The van der Waals surface area contributed by atoms with Crippen molar-refractivity contribution in [2.45, 2.75) is 24.8 Å². The van der Waals surface area contributed by atoms with E-state index in [1.54, 1.807) is 66.7 Å². The Kier molecular flexibility index (Phi) is 9.83. The molecule has 38 heavy (non-hydrogen) atoms. The number of methoxy groups -OCH3 is 1. The summed E-state index contributed by atoms with van der Waals surface area (Å²) in [5, 5.41) is 6.68. The Morgan fingerprint density at radius 2 is 1.61 bits per heavy atom. The first kappa shape index (κ1) is 28.2. The van der Waals surface area contributed by atoms with Gasteiger partial charge in [0.15, 0.2) is 6.61 Å². The van der Waals surface area contributed by atoms with Crippen LogP contribution in [0, 0.1) is 0 Å². The van der Waals surface area contributed by atoms with E-state index in [1.165, 1.54) is 25.5 Å². The first-order valence-corrected chi connectivity index (χ1v) is 13.2. The summed E-state index contributed by atoms with van der Waals surface area (Å²) in [6, 6.07) is 21.1. The lowest BCUT2D eigenvalue weighted by Gasteiger charge is -2.25. The third kappa shape index (κ3) is 7.81. The fraction of sp³-hybridized carbons (Fsp3) is 0.222. The second kappa shape index (κ2) is 13.2. The molecule has 0 fully saturated rings. The number of anilines is 1. The van der Waals surface area contributed by atoms with Crippen LogP contribution in [0.4, 0.5) is 5.69 Å². The molecule has 0 bridgehead atoms. The van der Waals surface area contributed by atoms with Crippen LogP contribution in [0.3, 0.4) is 0 Å². The highest BCUT2D eigenvalue weighted by atomic mass is 32.2. The number of hydrogen-bond donors (Lipinski definition) is 2. The van der Waals surface area contributed by atoms with E-state index in [0.29, 0.717) is 17.1 Å². The number of ether oxygens (including phenoxy) is 2. The molecule has 0 saturated carbocycles. The van der Waals surface area contributed by atoms with Gasteiger partial charge in [-0.05, 0) is 67.9 Å². The van der Waals surface area contributed by atoms with Crippen LogP contribution in [0.25, 0.3) is 0 Å². The summed E-state index contributed by atoms with van der Waals surface area (Å²) in [4.78, 5) is 24.5. The van der Waals surface area contributed by atoms with Crippen molar-refractivity contribution >= 4 is 33.7 Å². The summed E-state index contributed by atoms with van der Waals surface area (Å²) in [6.07, 6.45) is 1.41. The number of amides is 2. The zero-order chi connectivity index (χ0) is 27.5. The lowest BCUT2D eigenvalue weighted by atomic mass is 10.2. The van der Waals surface area contributed by atoms with Gasteiger partial charge < -0.3 is 14.8 Å². The molecule has 0 saturated heterocycles. The first-order chi connectivity index (χ1) is 18.2. The molecule has 200 valence electrons. The lowest BCUT2D eigenvalue weighted by molar-refractivity contribution is -0.123. The van der Waals surface area contributed by atoms with Crippen LogP contribution in [0.5, 0.6) is 11.5 Å². The van der Waals surface area contributed by atoms with Crippen molar-refractivity contribution in [3.8, 4) is 11.5 Å². The Morgan fingerprint density at radius 1 is 0.947 bits per heavy atom. The normalized spacial score (nSPS) is 11.3. The average molecular weight is 539 g/mol. The van der Waals surface area contributed by atoms with E-state index in [9.17, 15) is 18.0 Å². The highest BCUT2D eigenvalue weighted by molar-refractivity contribution is 7.92. The Morgan fingerprint density at radius 3 is 2.26 bits per heavy atom. The highest BCUT2D eigenvalue weighted by Crippen LogP contribution is 2.32. The van der Waals surface area contributed by atoms with Crippen molar-refractivity contribution in [1.29, 1.82) is 0 Å². The molecule has 2 N–H and O–H groups in total. The second-order valence-electron chi connectivity index (χ2n) is 8.37. The molecule has 0 aliphatic rings. The number of carbonyl (C=O) groups is 2. The molecule has 3 rings (SSSR count). The molecule has 0 spiro atoms. The smallest absolute Gasteiger partial charge is 0.264 e. The monoisotopic (exact) mass is 538 g/mol. The minimum atomic E-state index is -4.08. The molecule has 0 atom stereocenters. The number of benzene rings is 3. The molecule has 0 heterocycles. The third-order valence-corrected chi connectivity index (χ3v) is 6.85. The number of para-hydroxylation sites is 2. The summed E-state index contributed by atoms with van der Waals surface area (Å²) in [6.45, 7) is 3.10. The van der Waals surface area contributed by atoms with Gasteiger partial charge >= 0.3 is 0 Å². The van der Waals surface area contributed by atoms with E-state index >= 15 is 0 Å². The first-order valence-electron chi connectivity index (χ1n) is 11.8. The Bertz CT molecular complexity index is 1360. The molecule has 3 aromatic rings. The van der Waals surface area contributed by atoms with E-state index in [0.717, 1.165) is 4.31 Å². The standard InChI is InChI=1S/C27H30N4O6S/c1-20(2)29-27(33)19-37-22-15-13-21(14-16-22)17-28-30-26(32)18-31(24-11-7-8-12-25(24)36-3)38(34,35)23-9-5-4-6-10-23/h4-17,20H,18-19H2,1-3H3,(H,29,33)(H,30,32)/b28-17-. The zero-order valence-electron chi connectivity index (χ0n) is 21.3. The van der Waals surface area contributed by atoms with Crippen LogP contribution < -0.4 is 24.5 Å². The lowest BCUT2D eigenvalue weighted by Crippen LogP contribution is -2.39. The van der Waals surface area contributed by atoms with E-state index in [-0.39, 0.29) is 29.1 Å². The van der Waals surface area contributed by atoms with Crippen LogP contribution in [-0.2, 0) is 19.6 Å². The Labute approximate surface area is 222 Å². The van der Waals surface area contributed by atoms with Crippen molar-refractivity contribution in [2.24, 2.45) is 5.10 Å². The predicted molar refractivity (Wildman–Crippen MR) is 145 cm³/mol. The van der Waals surface area contributed by atoms with E-state index in [4.69, 9.17) is 9.47 Å². The van der Waals surface area contributed by atoms with Crippen molar-refractivity contribution in [1.82, 2.24) is 10.7 Å². The molecular formula is C27H30N4O6S. The maximum absolute atomic E-state index is 13.4. The number of carbonyl (C=O) groups excluding carboxylic acids is 2. The minimum absolute atomic E-state index is 0.0279. The van der Waals surface area contributed by atoms with Crippen molar-refractivity contribution in [3.63, 3.8) is 0 Å². The fourth-order valence-electron chi connectivity index (χ4n) is 3.36. The molecule has 3 aromatic carbocycles. The molecule has 0 aliphatic heterocycles. The quantitative estimate of drug-likeness (QED) is 0.270. The molecular weight excluding hydrogens is 508 g/mol. The Balaban J connectivity index is 1.68. The van der Waals surface area contributed by atoms with Gasteiger partial charge in [-0.1, -0.05) is 30.3 Å². The van der Waals surface area contributed by atoms with Gasteiger partial charge in [-0.3, -0.25) is 13.9 Å². The molecule has 11 heteroatoms. The van der Waals surface area contributed by atoms with Crippen LogP contribution in [-0.4, -0.2) is 52.8 Å². The Hall–Kier alpha value is -4.38. The topological polar surface area (TPSA) is 126 Å². The number of nitrogens with one attached hydrogen (secondary N) is 2. The minimum Gasteiger partial charge on any atom is -0.495 e. The van der Waals surface area contributed by atoms with E-state index in [1.807, 2.05) is 13.8 Å². The van der Waals surface area contributed by atoms with Gasteiger partial charge in [0.1, 0.15) is 18.0 Å². The van der Waals surface area contributed by atoms with Gasteiger partial charge in [-0.15, -0.1) is 0 Å². The molecule has 2 amide bonds. The maximum atomic E-state index is 13.4. The van der Waals surface area contributed by atoms with E-state index in [2.05, 4.69) is 15.8 Å². The van der Waals surface area contributed by atoms with Crippen LogP contribution in [0.15, 0.2) is 88.9 Å². The predicted octanol–water partition coefficient (Wildman–Crippen LogP) is 2.94. The van der Waals surface area contributed by atoms with Crippen molar-refractivity contribution < 1.29 is 27.5 Å². The average Bonchev–Trinajstić information content (AvgIpc) is 2.91. The molecule has 10 nitrogen and oxygen atoms in total. The molecule has 0 aromatic heterocycles. The molecule has 0 radical (unpaired) electrons.